The first-order valence-electron chi connectivity index (χ1n) is 9.80. The number of hydrogen-bond donors (Lipinski definition) is 1. The summed E-state index contributed by atoms with van der Waals surface area (Å²) >= 11 is 1.15. The number of ether oxygens (including phenoxy) is 1. The maximum Gasteiger partial charge on any atom is 0.277 e. The van der Waals surface area contributed by atoms with Crippen molar-refractivity contribution in [3.8, 4) is 5.75 Å². The molecule has 4 rings (SSSR count). The van der Waals surface area contributed by atoms with E-state index in [1.807, 2.05) is 44.2 Å². The molecule has 0 bridgehead atoms. The van der Waals surface area contributed by atoms with Gasteiger partial charge in [-0.1, -0.05) is 36.0 Å². The molecule has 1 aliphatic rings. The van der Waals surface area contributed by atoms with Crippen LogP contribution >= 0.6 is 11.8 Å². The molecular weight excluding hydrogens is 416 g/mol. The zero-order valence-electron chi connectivity index (χ0n) is 17.4. The Bertz CT molecular complexity index is 1130. The lowest BCUT2D eigenvalue weighted by atomic mass is 10.1. The van der Waals surface area contributed by atoms with E-state index in [1.165, 1.54) is 4.90 Å². The van der Waals surface area contributed by atoms with Crippen molar-refractivity contribution in [1.82, 2.24) is 10.2 Å². The van der Waals surface area contributed by atoms with Crippen LogP contribution in [0.2, 0.25) is 0 Å². The molecule has 0 saturated heterocycles. The van der Waals surface area contributed by atoms with Crippen LogP contribution < -0.4 is 15.0 Å². The molecule has 0 fully saturated rings. The number of carbonyl (C=O) groups excluding carboxylic acids is 2. The Kier molecular flexibility index (Phi) is 5.94. The fourth-order valence-electron chi connectivity index (χ4n) is 3.20. The van der Waals surface area contributed by atoms with Crippen molar-refractivity contribution in [3.05, 3.63) is 59.5 Å². The van der Waals surface area contributed by atoms with Gasteiger partial charge in [-0.25, -0.2) is 0 Å². The third-order valence-electron chi connectivity index (χ3n) is 4.81. The summed E-state index contributed by atoms with van der Waals surface area (Å²) < 4.78 is 11.4. The van der Waals surface area contributed by atoms with Crippen LogP contribution in [0.5, 0.6) is 5.75 Å². The van der Waals surface area contributed by atoms with E-state index in [4.69, 9.17) is 9.15 Å². The zero-order chi connectivity index (χ0) is 22.0. The molecule has 8 nitrogen and oxygen atoms in total. The van der Waals surface area contributed by atoms with E-state index in [0.29, 0.717) is 17.3 Å². The summed E-state index contributed by atoms with van der Waals surface area (Å²) in [5, 5.41) is 10.5. The smallest absolute Gasteiger partial charge is 0.277 e. The second kappa shape index (κ2) is 8.81. The summed E-state index contributed by atoms with van der Waals surface area (Å²) in [6, 6.07) is 13.2. The van der Waals surface area contributed by atoms with Crippen molar-refractivity contribution in [2.45, 2.75) is 37.9 Å². The molecule has 1 atom stereocenters. The molecular formula is C22H22N4O4S. The van der Waals surface area contributed by atoms with E-state index < -0.39 is 5.25 Å². The summed E-state index contributed by atoms with van der Waals surface area (Å²) in [5.41, 5.74) is 3.41. The third kappa shape index (κ3) is 4.72. The molecule has 2 amide bonds. The van der Waals surface area contributed by atoms with Crippen LogP contribution in [0.15, 0.2) is 52.1 Å². The number of nitrogens with one attached hydrogen (secondary N) is 1. The van der Waals surface area contributed by atoms with E-state index in [-0.39, 0.29) is 30.2 Å². The van der Waals surface area contributed by atoms with Gasteiger partial charge in [0, 0.05) is 0 Å². The van der Waals surface area contributed by atoms with Gasteiger partial charge in [-0.15, -0.1) is 10.2 Å². The molecule has 9 heteroatoms. The topological polar surface area (TPSA) is 97.6 Å². The number of benzene rings is 2. The van der Waals surface area contributed by atoms with Crippen molar-refractivity contribution >= 4 is 35.0 Å². The first-order valence-corrected chi connectivity index (χ1v) is 10.7. The molecule has 31 heavy (non-hydrogen) atoms. The normalized spacial score (nSPS) is 14.0. The Morgan fingerprint density at radius 3 is 2.90 bits per heavy atom. The Balaban J connectivity index is 1.40. The van der Waals surface area contributed by atoms with Crippen LogP contribution in [0.25, 0.3) is 0 Å². The minimum atomic E-state index is -0.521. The quantitative estimate of drug-likeness (QED) is 0.586. The van der Waals surface area contributed by atoms with Crippen molar-refractivity contribution in [2.24, 2.45) is 0 Å². The van der Waals surface area contributed by atoms with Crippen molar-refractivity contribution < 1.29 is 18.7 Å². The molecule has 0 aliphatic carbocycles. The van der Waals surface area contributed by atoms with Crippen molar-refractivity contribution in [2.75, 3.05) is 16.8 Å². The standard InChI is InChI=1S/C22H22N4O4S/c1-13-8-9-14(2)18(10-13)29-12-20-24-25-22(30-20)31-15(3)21(28)26-11-19(27)23-16-6-4-5-7-17(16)26/h4-10,15H,11-12H2,1-3H3,(H,23,27). The van der Waals surface area contributed by atoms with Gasteiger partial charge >= 0.3 is 0 Å². The molecule has 1 unspecified atom stereocenters. The van der Waals surface area contributed by atoms with Crippen LogP contribution in [0.3, 0.4) is 0 Å². The van der Waals surface area contributed by atoms with Gasteiger partial charge < -0.3 is 14.5 Å². The van der Waals surface area contributed by atoms with Crippen molar-refractivity contribution in [3.63, 3.8) is 0 Å². The number of amides is 2. The van der Waals surface area contributed by atoms with Gasteiger partial charge in [0.1, 0.15) is 12.3 Å². The van der Waals surface area contributed by atoms with Gasteiger partial charge in [-0.05, 0) is 50.1 Å². The SMILES string of the molecule is Cc1ccc(C)c(OCc2nnc(SC(C)C(=O)N3CC(=O)Nc4ccccc43)o2)c1. The summed E-state index contributed by atoms with van der Waals surface area (Å²) in [6.07, 6.45) is 0. The highest BCUT2D eigenvalue weighted by Gasteiger charge is 2.31. The number of aryl methyl sites for hydroxylation is 2. The summed E-state index contributed by atoms with van der Waals surface area (Å²) in [4.78, 5) is 26.5. The van der Waals surface area contributed by atoms with Gasteiger partial charge in [0.15, 0.2) is 6.61 Å². The van der Waals surface area contributed by atoms with E-state index in [9.17, 15) is 9.59 Å². The number of nitrogens with zero attached hydrogens (tertiary/aromatic N) is 3. The van der Waals surface area contributed by atoms with Crippen LogP contribution in [0.4, 0.5) is 11.4 Å². The molecule has 2 heterocycles. The number of fused-ring (bicyclic) bond motifs is 1. The van der Waals surface area contributed by atoms with Gasteiger partial charge in [0.05, 0.1) is 16.6 Å². The van der Waals surface area contributed by atoms with Crippen LogP contribution in [-0.4, -0.2) is 33.8 Å². The van der Waals surface area contributed by atoms with Gasteiger partial charge in [0.25, 0.3) is 11.1 Å². The van der Waals surface area contributed by atoms with E-state index >= 15 is 0 Å². The van der Waals surface area contributed by atoms with Crippen molar-refractivity contribution in [1.29, 1.82) is 0 Å². The first-order chi connectivity index (χ1) is 14.9. The minimum absolute atomic E-state index is 0.0283. The van der Waals surface area contributed by atoms with Crippen LogP contribution in [-0.2, 0) is 16.2 Å². The second-order valence-corrected chi connectivity index (χ2v) is 8.56. The zero-order valence-corrected chi connectivity index (χ0v) is 18.2. The average molecular weight is 439 g/mol. The number of aromatic nitrogens is 2. The summed E-state index contributed by atoms with van der Waals surface area (Å²) in [5.74, 6) is 0.648. The van der Waals surface area contributed by atoms with Crippen LogP contribution in [0.1, 0.15) is 23.9 Å². The Morgan fingerprint density at radius 1 is 1.26 bits per heavy atom. The van der Waals surface area contributed by atoms with Gasteiger partial charge in [0.2, 0.25) is 11.8 Å². The summed E-state index contributed by atoms with van der Waals surface area (Å²) in [7, 11) is 0. The Morgan fingerprint density at radius 2 is 2.06 bits per heavy atom. The highest BCUT2D eigenvalue weighted by molar-refractivity contribution is 8.00. The number of thioether (sulfide) groups is 1. The molecule has 160 valence electrons. The maximum absolute atomic E-state index is 13.0. The van der Waals surface area contributed by atoms with E-state index in [0.717, 1.165) is 28.6 Å². The minimum Gasteiger partial charge on any atom is -0.484 e. The lowest BCUT2D eigenvalue weighted by Crippen LogP contribution is -2.45. The maximum atomic E-state index is 13.0. The number of carbonyl (C=O) groups is 2. The predicted molar refractivity (Wildman–Crippen MR) is 117 cm³/mol. The summed E-state index contributed by atoms with van der Waals surface area (Å²) in [6.45, 7) is 5.82. The number of anilines is 2. The molecule has 0 saturated carbocycles. The molecule has 1 N–H and O–H groups in total. The Hall–Kier alpha value is -3.33. The molecule has 3 aromatic rings. The van der Waals surface area contributed by atoms with E-state index in [1.54, 1.807) is 19.1 Å². The molecule has 2 aromatic carbocycles. The third-order valence-corrected chi connectivity index (χ3v) is 5.73. The second-order valence-electron chi connectivity index (χ2n) is 7.27. The van der Waals surface area contributed by atoms with Gasteiger partial charge in [-0.3, -0.25) is 14.5 Å². The number of hydrogen-bond acceptors (Lipinski definition) is 7. The first kappa shape index (κ1) is 20.9. The fraction of sp³-hybridized carbons (Fsp3) is 0.273. The lowest BCUT2D eigenvalue weighted by molar-refractivity contribution is -0.121. The average Bonchev–Trinajstić information content (AvgIpc) is 3.20. The monoisotopic (exact) mass is 438 g/mol. The molecule has 1 aliphatic heterocycles. The van der Waals surface area contributed by atoms with E-state index in [2.05, 4.69) is 15.5 Å². The predicted octanol–water partition coefficient (Wildman–Crippen LogP) is 3.73. The molecule has 1 aromatic heterocycles. The number of rotatable bonds is 6. The fourth-order valence-corrected chi connectivity index (χ4v) is 3.96. The largest absolute Gasteiger partial charge is 0.484 e. The highest BCUT2D eigenvalue weighted by Crippen LogP contribution is 2.32. The number of para-hydroxylation sites is 2. The highest BCUT2D eigenvalue weighted by atomic mass is 32.2. The van der Waals surface area contributed by atoms with Gasteiger partial charge in [-0.2, -0.15) is 0 Å². The van der Waals surface area contributed by atoms with Crippen LogP contribution in [0, 0.1) is 13.8 Å². The lowest BCUT2D eigenvalue weighted by Gasteiger charge is -2.30. The molecule has 0 radical (unpaired) electrons. The molecule has 0 spiro atoms. The Labute approximate surface area is 184 Å².